The number of ketones is 1. The number of nitrogens with zero attached hydrogens (tertiary/aromatic N) is 1. The fourth-order valence-electron chi connectivity index (χ4n) is 1.76. The molecule has 1 heterocycles. The molecule has 1 aromatic carbocycles. The van der Waals surface area contributed by atoms with E-state index in [0.29, 0.717) is 22.8 Å². The molecule has 98 valence electrons. The van der Waals surface area contributed by atoms with Gasteiger partial charge in [-0.1, -0.05) is 11.6 Å². The van der Waals surface area contributed by atoms with Crippen molar-refractivity contribution in [2.75, 3.05) is 13.2 Å². The lowest BCUT2D eigenvalue weighted by molar-refractivity contribution is 0.0590. The molecule has 1 unspecified atom stereocenters. The summed E-state index contributed by atoms with van der Waals surface area (Å²) in [6, 6.07) is 8.42. The van der Waals surface area contributed by atoms with Gasteiger partial charge in [0.25, 0.3) is 0 Å². The van der Waals surface area contributed by atoms with Crippen molar-refractivity contribution in [3.63, 3.8) is 0 Å². The Bertz CT molecular complexity index is 548. The summed E-state index contributed by atoms with van der Waals surface area (Å²) in [5.74, 6) is -0.320. The lowest BCUT2D eigenvalue weighted by atomic mass is 10.0. The number of benzene rings is 1. The largest absolute Gasteiger partial charge is 0.383 e. The highest BCUT2D eigenvalue weighted by atomic mass is 35.5. The first-order chi connectivity index (χ1) is 9.11. The number of hydrogen-bond acceptors (Lipinski definition) is 4. The van der Waals surface area contributed by atoms with Crippen LogP contribution in [0.4, 0.5) is 0 Å². The van der Waals surface area contributed by atoms with Crippen LogP contribution >= 0.6 is 11.6 Å². The van der Waals surface area contributed by atoms with E-state index in [1.165, 1.54) is 0 Å². The molecule has 1 aliphatic heterocycles. The third-order valence-electron chi connectivity index (χ3n) is 2.86. The van der Waals surface area contributed by atoms with Crippen LogP contribution < -0.4 is 5.32 Å². The van der Waals surface area contributed by atoms with Crippen LogP contribution in [-0.2, 0) is 4.74 Å². The number of hydrogen-bond donors (Lipinski definition) is 1. The summed E-state index contributed by atoms with van der Waals surface area (Å²) in [4.78, 5) is 12.2. The van der Waals surface area contributed by atoms with E-state index in [4.69, 9.17) is 16.3 Å². The second-order valence-corrected chi connectivity index (χ2v) is 4.74. The van der Waals surface area contributed by atoms with Gasteiger partial charge in [-0.2, -0.15) is 5.26 Å². The fourth-order valence-corrected chi connectivity index (χ4v) is 1.89. The van der Waals surface area contributed by atoms with Crippen LogP contribution in [0, 0.1) is 11.3 Å². The summed E-state index contributed by atoms with van der Waals surface area (Å²) in [7, 11) is 0. The molecule has 1 N–H and O–H groups in total. The molecule has 0 aliphatic carbocycles. The van der Waals surface area contributed by atoms with Gasteiger partial charge in [-0.3, -0.25) is 4.79 Å². The van der Waals surface area contributed by atoms with Crippen LogP contribution in [-0.4, -0.2) is 25.0 Å². The molecule has 4 nitrogen and oxygen atoms in total. The van der Waals surface area contributed by atoms with Crippen LogP contribution in [0.1, 0.15) is 17.3 Å². The Morgan fingerprint density at radius 1 is 1.47 bits per heavy atom. The molecule has 0 radical (unpaired) electrons. The van der Waals surface area contributed by atoms with E-state index in [1.807, 2.05) is 13.0 Å². The van der Waals surface area contributed by atoms with E-state index >= 15 is 0 Å². The molecule has 1 aromatic rings. The van der Waals surface area contributed by atoms with Crippen LogP contribution in [0.25, 0.3) is 0 Å². The van der Waals surface area contributed by atoms with Crippen molar-refractivity contribution in [1.29, 1.82) is 5.26 Å². The molecule has 0 aromatic heterocycles. The predicted octanol–water partition coefficient (Wildman–Crippen LogP) is 2.31. The van der Waals surface area contributed by atoms with Gasteiger partial charge >= 0.3 is 0 Å². The minimum atomic E-state index is -0.320. The highest BCUT2D eigenvalue weighted by Gasteiger charge is 2.21. The number of morpholine rings is 1. The van der Waals surface area contributed by atoms with Crippen LogP contribution in [0.2, 0.25) is 5.02 Å². The molecule has 0 amide bonds. The van der Waals surface area contributed by atoms with Gasteiger partial charge in [-0.15, -0.1) is 0 Å². The standard InChI is InChI=1S/C14H13ClN2O2/c1-9-7-17-13(8-19-9)12(6-16)14(18)10-2-4-11(15)5-3-10/h2-5,9,17H,7-8H2,1H3/b13-12-. The first-order valence-corrected chi connectivity index (χ1v) is 6.28. The Kier molecular flexibility index (Phi) is 4.20. The maximum absolute atomic E-state index is 12.2. The van der Waals surface area contributed by atoms with Gasteiger partial charge in [0.2, 0.25) is 5.78 Å². The zero-order valence-electron chi connectivity index (χ0n) is 10.4. The van der Waals surface area contributed by atoms with Gasteiger partial charge in [-0.05, 0) is 31.2 Å². The van der Waals surface area contributed by atoms with Gasteiger partial charge in [0.1, 0.15) is 11.6 Å². The number of ether oxygens (including phenoxy) is 1. The maximum atomic E-state index is 12.2. The highest BCUT2D eigenvalue weighted by Crippen LogP contribution is 2.16. The zero-order valence-corrected chi connectivity index (χ0v) is 11.2. The van der Waals surface area contributed by atoms with Crippen LogP contribution in [0.15, 0.2) is 35.5 Å². The molecule has 0 spiro atoms. The number of carbonyl (C=O) groups is 1. The SMILES string of the molecule is CC1CN/C(=C(/C#N)C(=O)c2ccc(Cl)cc2)CO1. The molecule has 2 rings (SSSR count). The predicted molar refractivity (Wildman–Crippen MR) is 71.8 cm³/mol. The number of rotatable bonds is 2. The molecule has 1 fully saturated rings. The minimum Gasteiger partial charge on any atom is -0.383 e. The number of nitriles is 1. The Labute approximate surface area is 116 Å². The van der Waals surface area contributed by atoms with Crippen molar-refractivity contribution in [3.05, 3.63) is 46.1 Å². The molecular formula is C14H13ClN2O2. The average Bonchev–Trinajstić information content (AvgIpc) is 2.42. The smallest absolute Gasteiger partial charge is 0.205 e. The van der Waals surface area contributed by atoms with Crippen molar-refractivity contribution in [2.45, 2.75) is 13.0 Å². The number of carbonyl (C=O) groups excluding carboxylic acids is 1. The van der Waals surface area contributed by atoms with E-state index in [0.717, 1.165) is 0 Å². The van der Waals surface area contributed by atoms with Crippen molar-refractivity contribution in [2.24, 2.45) is 0 Å². The van der Waals surface area contributed by atoms with Crippen LogP contribution in [0.3, 0.4) is 0 Å². The Morgan fingerprint density at radius 3 is 2.68 bits per heavy atom. The van der Waals surface area contributed by atoms with Crippen molar-refractivity contribution in [3.8, 4) is 6.07 Å². The second-order valence-electron chi connectivity index (χ2n) is 4.30. The summed E-state index contributed by atoms with van der Waals surface area (Å²) >= 11 is 5.77. The molecule has 0 bridgehead atoms. The van der Waals surface area contributed by atoms with E-state index in [9.17, 15) is 10.1 Å². The summed E-state index contributed by atoms with van der Waals surface area (Å²) in [6.07, 6.45) is 0.0781. The van der Waals surface area contributed by atoms with Gasteiger partial charge in [0, 0.05) is 17.1 Å². The van der Waals surface area contributed by atoms with E-state index in [1.54, 1.807) is 24.3 Å². The third-order valence-corrected chi connectivity index (χ3v) is 3.11. The summed E-state index contributed by atoms with van der Waals surface area (Å²) in [5, 5.41) is 12.8. The topological polar surface area (TPSA) is 62.1 Å². The Morgan fingerprint density at radius 2 is 2.16 bits per heavy atom. The zero-order chi connectivity index (χ0) is 13.8. The first kappa shape index (κ1) is 13.6. The number of halogens is 1. The molecule has 1 saturated heterocycles. The van der Waals surface area contributed by atoms with Crippen molar-refractivity contribution in [1.82, 2.24) is 5.32 Å². The monoisotopic (exact) mass is 276 g/mol. The number of Topliss-reactive ketones (excluding diaryl/α,β-unsaturated/α-hetero) is 1. The normalized spacial score (nSPS) is 21.2. The number of nitrogens with one attached hydrogen (secondary N) is 1. The fraction of sp³-hybridized carbons (Fsp3) is 0.286. The molecule has 0 saturated carbocycles. The second kappa shape index (κ2) is 5.87. The Hall–Kier alpha value is -1.83. The quantitative estimate of drug-likeness (QED) is 0.511. The van der Waals surface area contributed by atoms with Gasteiger partial charge in [0.15, 0.2) is 0 Å². The first-order valence-electron chi connectivity index (χ1n) is 5.91. The third kappa shape index (κ3) is 3.14. The molecule has 1 atom stereocenters. The summed E-state index contributed by atoms with van der Waals surface area (Å²) < 4.78 is 5.43. The van der Waals surface area contributed by atoms with Crippen molar-refractivity contribution < 1.29 is 9.53 Å². The van der Waals surface area contributed by atoms with Crippen molar-refractivity contribution >= 4 is 17.4 Å². The molecule has 5 heteroatoms. The number of allylic oxidation sites excluding steroid dienone is 1. The van der Waals surface area contributed by atoms with E-state index < -0.39 is 0 Å². The average molecular weight is 277 g/mol. The summed E-state index contributed by atoms with van der Waals surface area (Å²) in [6.45, 7) is 2.77. The van der Waals surface area contributed by atoms with E-state index in [-0.39, 0.29) is 24.1 Å². The van der Waals surface area contributed by atoms with E-state index in [2.05, 4.69) is 5.32 Å². The lowest BCUT2D eigenvalue weighted by Gasteiger charge is -2.24. The maximum Gasteiger partial charge on any atom is 0.205 e. The summed E-state index contributed by atoms with van der Waals surface area (Å²) in [5.41, 5.74) is 1.07. The molecule has 19 heavy (non-hydrogen) atoms. The van der Waals surface area contributed by atoms with Crippen LogP contribution in [0.5, 0.6) is 0 Å². The lowest BCUT2D eigenvalue weighted by Crippen LogP contribution is -2.36. The highest BCUT2D eigenvalue weighted by molar-refractivity contribution is 6.30. The van der Waals surface area contributed by atoms with Gasteiger partial charge in [0.05, 0.1) is 18.4 Å². The van der Waals surface area contributed by atoms with Gasteiger partial charge < -0.3 is 10.1 Å². The minimum absolute atomic E-state index is 0.0781. The van der Waals surface area contributed by atoms with Gasteiger partial charge in [-0.25, -0.2) is 0 Å². The Balaban J connectivity index is 2.27. The molecule has 1 aliphatic rings. The molecular weight excluding hydrogens is 264 g/mol.